The minimum atomic E-state index is -0.106. The van der Waals surface area contributed by atoms with Crippen molar-refractivity contribution in [3.63, 3.8) is 0 Å². The van der Waals surface area contributed by atoms with E-state index in [1.807, 2.05) is 42.5 Å². The molecule has 0 aliphatic heterocycles. The zero-order valence-electron chi connectivity index (χ0n) is 8.35. The molecule has 2 aromatic rings. The molecule has 0 unspecified atom stereocenters. The van der Waals surface area contributed by atoms with Crippen LogP contribution < -0.4 is 5.73 Å². The fourth-order valence-corrected chi connectivity index (χ4v) is 1.38. The van der Waals surface area contributed by atoms with Crippen LogP contribution in [-0.2, 0) is 15.9 Å². The topological polar surface area (TPSA) is 26.0 Å². The number of para-hydroxylation sites is 1. The number of hydrogen-bond acceptors (Lipinski definition) is 1. The van der Waals surface area contributed by atoms with E-state index in [4.69, 9.17) is 24.8 Å². The maximum absolute atomic E-state index is 5.85. The normalized spacial score (nSPS) is 9.38. The molecule has 0 fully saturated rings. The second-order valence-electron chi connectivity index (χ2n) is 3.00. The first-order valence-electron chi connectivity index (χ1n) is 4.52. The Bertz CT molecular complexity index is 420. The first-order chi connectivity index (χ1) is 7.79. The molecule has 1 nitrogen and oxygen atoms in total. The van der Waals surface area contributed by atoms with Gasteiger partial charge in [-0.2, -0.15) is 0 Å². The Hall–Kier alpha value is -0.518. The van der Waals surface area contributed by atoms with E-state index < -0.39 is 0 Å². The number of rotatable bonds is 1. The van der Waals surface area contributed by atoms with Crippen LogP contribution >= 0.6 is 19.1 Å². The Morgan fingerprint density at radius 2 is 1.31 bits per heavy atom. The van der Waals surface area contributed by atoms with Crippen LogP contribution in [0.5, 0.6) is 0 Å². The summed E-state index contributed by atoms with van der Waals surface area (Å²) in [5.74, 6) is 0. The molecule has 0 radical (unpaired) electrons. The van der Waals surface area contributed by atoms with Gasteiger partial charge in [-0.3, -0.25) is 0 Å². The van der Waals surface area contributed by atoms with Crippen molar-refractivity contribution in [2.45, 2.75) is 0 Å². The molecule has 88 valence electrons. The molecule has 2 N–H and O–H groups in total. The third kappa shape index (κ3) is 4.16. The predicted molar refractivity (Wildman–Crippen MR) is 68.0 cm³/mol. The fraction of sp³-hybridized carbons (Fsp3) is 0. The molecule has 0 heterocycles. The SMILES string of the molecule is Nc1ccccc1-c1ccccc1.[Cl][Pd][Cl]. The van der Waals surface area contributed by atoms with Crippen LogP contribution in [0.3, 0.4) is 0 Å². The molecule has 0 bridgehead atoms. The van der Waals surface area contributed by atoms with Crippen molar-refractivity contribution in [3.8, 4) is 11.1 Å². The van der Waals surface area contributed by atoms with Gasteiger partial charge in [0.25, 0.3) is 0 Å². The van der Waals surface area contributed by atoms with Crippen molar-refractivity contribution in [1.29, 1.82) is 0 Å². The molecule has 0 saturated carbocycles. The molecule has 4 heteroatoms. The summed E-state index contributed by atoms with van der Waals surface area (Å²) in [4.78, 5) is 0. The average Bonchev–Trinajstić information content (AvgIpc) is 2.32. The summed E-state index contributed by atoms with van der Waals surface area (Å²) in [5, 5.41) is 0. The summed E-state index contributed by atoms with van der Waals surface area (Å²) in [6, 6.07) is 18.1. The molecule has 0 spiro atoms. The van der Waals surface area contributed by atoms with Gasteiger partial charge in [-0.15, -0.1) is 0 Å². The Kier molecular flexibility index (Phi) is 6.52. The molecule has 2 rings (SSSR count). The van der Waals surface area contributed by atoms with Gasteiger partial charge in [0.15, 0.2) is 0 Å². The van der Waals surface area contributed by atoms with E-state index in [9.17, 15) is 0 Å². The number of hydrogen-bond donors (Lipinski definition) is 1. The van der Waals surface area contributed by atoms with Crippen molar-refractivity contribution in [1.82, 2.24) is 0 Å². The molecule has 0 saturated heterocycles. The van der Waals surface area contributed by atoms with E-state index in [-0.39, 0.29) is 15.9 Å². The molecule has 0 aromatic heterocycles. The summed E-state index contributed by atoms with van der Waals surface area (Å²) in [6.45, 7) is 0. The zero-order chi connectivity index (χ0) is 11.8. The third-order valence-electron chi connectivity index (χ3n) is 2.05. The van der Waals surface area contributed by atoms with Crippen molar-refractivity contribution in [3.05, 3.63) is 54.6 Å². The van der Waals surface area contributed by atoms with Crippen LogP contribution in [0.25, 0.3) is 11.1 Å². The van der Waals surface area contributed by atoms with E-state index in [1.54, 1.807) is 0 Å². The number of anilines is 1. The second-order valence-corrected chi connectivity index (χ2v) is 5.36. The molecule has 0 aliphatic rings. The molecular formula is C12H11Cl2NPd. The van der Waals surface area contributed by atoms with Crippen molar-refractivity contribution < 1.29 is 15.9 Å². The van der Waals surface area contributed by atoms with Crippen LogP contribution in [-0.4, -0.2) is 0 Å². The monoisotopic (exact) mass is 345 g/mol. The summed E-state index contributed by atoms with van der Waals surface area (Å²) >= 11 is -0.106. The Morgan fingerprint density at radius 1 is 0.812 bits per heavy atom. The zero-order valence-corrected chi connectivity index (χ0v) is 11.4. The average molecular weight is 347 g/mol. The van der Waals surface area contributed by atoms with E-state index in [0.29, 0.717) is 0 Å². The number of benzene rings is 2. The van der Waals surface area contributed by atoms with E-state index in [2.05, 4.69) is 12.1 Å². The molecule has 0 amide bonds. The molecular weight excluding hydrogens is 335 g/mol. The van der Waals surface area contributed by atoms with Crippen LogP contribution in [0.2, 0.25) is 0 Å². The number of nitrogen functional groups attached to an aromatic ring is 1. The Labute approximate surface area is 112 Å². The third-order valence-corrected chi connectivity index (χ3v) is 2.05. The quantitative estimate of drug-likeness (QED) is 0.604. The fourth-order valence-electron chi connectivity index (χ4n) is 1.38. The van der Waals surface area contributed by atoms with Gasteiger partial charge in [-0.25, -0.2) is 0 Å². The molecule has 0 atom stereocenters. The van der Waals surface area contributed by atoms with Gasteiger partial charge < -0.3 is 5.73 Å². The number of nitrogens with two attached hydrogens (primary N) is 1. The van der Waals surface area contributed by atoms with E-state index in [0.717, 1.165) is 11.3 Å². The maximum atomic E-state index is 5.85. The standard InChI is InChI=1S/C12H11N.2ClH.Pd/c13-12-9-5-4-8-11(12)10-6-2-1-3-7-10;;;/h1-9H,13H2;2*1H;/q;;;+2/p-2. The second kappa shape index (κ2) is 7.71. The minimum absolute atomic E-state index is 0.106. The molecule has 16 heavy (non-hydrogen) atoms. The van der Waals surface area contributed by atoms with E-state index in [1.165, 1.54) is 5.56 Å². The van der Waals surface area contributed by atoms with E-state index >= 15 is 0 Å². The summed E-state index contributed by atoms with van der Waals surface area (Å²) in [6.07, 6.45) is 0. The first-order valence-corrected chi connectivity index (χ1v) is 8.52. The van der Waals surface area contributed by atoms with Crippen LogP contribution in [0.15, 0.2) is 54.6 Å². The Balaban J connectivity index is 0.000000386. The summed E-state index contributed by atoms with van der Waals surface area (Å²) < 4.78 is 0. The predicted octanol–water partition coefficient (Wildman–Crippen LogP) is 4.31. The van der Waals surface area contributed by atoms with Gasteiger partial charge in [0, 0.05) is 11.3 Å². The van der Waals surface area contributed by atoms with Crippen LogP contribution in [0.4, 0.5) is 5.69 Å². The van der Waals surface area contributed by atoms with Gasteiger partial charge in [0.05, 0.1) is 0 Å². The number of halogens is 2. The van der Waals surface area contributed by atoms with Crippen molar-refractivity contribution in [2.75, 3.05) is 5.73 Å². The van der Waals surface area contributed by atoms with Crippen molar-refractivity contribution >= 4 is 24.7 Å². The van der Waals surface area contributed by atoms with Gasteiger partial charge in [-0.1, -0.05) is 48.5 Å². The van der Waals surface area contributed by atoms with Gasteiger partial charge in [0.1, 0.15) is 0 Å². The summed E-state index contributed by atoms with van der Waals surface area (Å²) in [7, 11) is 9.63. The van der Waals surface area contributed by atoms with Gasteiger partial charge in [-0.05, 0) is 11.6 Å². The Morgan fingerprint density at radius 3 is 1.88 bits per heavy atom. The summed E-state index contributed by atoms with van der Waals surface area (Å²) in [5.41, 5.74) is 8.95. The van der Waals surface area contributed by atoms with Gasteiger partial charge in [0.2, 0.25) is 0 Å². The van der Waals surface area contributed by atoms with Crippen LogP contribution in [0, 0.1) is 0 Å². The molecule has 0 aliphatic carbocycles. The van der Waals surface area contributed by atoms with Crippen LogP contribution in [0.1, 0.15) is 0 Å². The first kappa shape index (κ1) is 13.5. The van der Waals surface area contributed by atoms with Crippen molar-refractivity contribution in [2.24, 2.45) is 0 Å². The molecule has 2 aromatic carbocycles. The van der Waals surface area contributed by atoms with Gasteiger partial charge >= 0.3 is 35.0 Å².